The maximum Gasteiger partial charge on any atom is 0.126 e. The van der Waals surface area contributed by atoms with E-state index in [2.05, 4.69) is 18.7 Å². The van der Waals surface area contributed by atoms with Gasteiger partial charge in [-0.1, -0.05) is 13.8 Å². The van der Waals surface area contributed by atoms with Gasteiger partial charge in [-0.25, -0.2) is 8.78 Å². The van der Waals surface area contributed by atoms with Gasteiger partial charge in [-0.05, 0) is 50.2 Å². The molecule has 1 rings (SSSR count). The highest BCUT2D eigenvalue weighted by Gasteiger charge is 2.08. The first-order chi connectivity index (χ1) is 8.55. The SMILES string of the molecule is CCN(CC)CCC(N)Cc1cc(F)cc(F)c1. The van der Waals surface area contributed by atoms with Crippen LogP contribution in [0.2, 0.25) is 0 Å². The number of rotatable bonds is 7. The Bertz CT molecular complexity index is 345. The van der Waals surface area contributed by atoms with Gasteiger partial charge < -0.3 is 10.6 Å². The van der Waals surface area contributed by atoms with Gasteiger partial charge in [-0.2, -0.15) is 0 Å². The van der Waals surface area contributed by atoms with Gasteiger partial charge in [0.05, 0.1) is 0 Å². The molecule has 0 bridgehead atoms. The normalized spacial score (nSPS) is 13.0. The van der Waals surface area contributed by atoms with Crippen molar-refractivity contribution in [2.24, 2.45) is 5.73 Å². The van der Waals surface area contributed by atoms with Gasteiger partial charge in [-0.3, -0.25) is 0 Å². The molecule has 0 spiro atoms. The van der Waals surface area contributed by atoms with E-state index in [4.69, 9.17) is 5.73 Å². The van der Waals surface area contributed by atoms with Crippen LogP contribution in [0.15, 0.2) is 18.2 Å². The lowest BCUT2D eigenvalue weighted by molar-refractivity contribution is 0.290. The summed E-state index contributed by atoms with van der Waals surface area (Å²) in [4.78, 5) is 2.28. The van der Waals surface area contributed by atoms with Crippen LogP contribution in [0.1, 0.15) is 25.8 Å². The molecule has 0 aliphatic rings. The van der Waals surface area contributed by atoms with Crippen LogP contribution >= 0.6 is 0 Å². The molecule has 0 heterocycles. The second-order valence-corrected chi connectivity index (χ2v) is 4.56. The first kappa shape index (κ1) is 15.1. The fraction of sp³-hybridized carbons (Fsp3) is 0.571. The van der Waals surface area contributed by atoms with Gasteiger partial charge in [0, 0.05) is 12.1 Å². The van der Waals surface area contributed by atoms with Crippen LogP contribution in [0.25, 0.3) is 0 Å². The predicted octanol–water partition coefficient (Wildman–Crippen LogP) is 2.57. The van der Waals surface area contributed by atoms with Crippen molar-refractivity contribution in [2.45, 2.75) is 32.7 Å². The smallest absolute Gasteiger partial charge is 0.126 e. The monoisotopic (exact) mass is 256 g/mol. The Kier molecular flexibility index (Phi) is 6.22. The van der Waals surface area contributed by atoms with Crippen LogP contribution < -0.4 is 5.73 Å². The predicted molar refractivity (Wildman–Crippen MR) is 70.4 cm³/mol. The second-order valence-electron chi connectivity index (χ2n) is 4.56. The number of hydrogen-bond acceptors (Lipinski definition) is 2. The first-order valence-electron chi connectivity index (χ1n) is 6.48. The van der Waals surface area contributed by atoms with Gasteiger partial charge in [0.2, 0.25) is 0 Å². The summed E-state index contributed by atoms with van der Waals surface area (Å²) in [5.74, 6) is -1.08. The molecule has 1 aromatic carbocycles. The van der Waals surface area contributed by atoms with E-state index in [0.717, 1.165) is 32.1 Å². The maximum atomic E-state index is 13.0. The Labute approximate surface area is 108 Å². The van der Waals surface area contributed by atoms with Crippen LogP contribution in [0.5, 0.6) is 0 Å². The molecular weight excluding hydrogens is 234 g/mol. The van der Waals surface area contributed by atoms with Crippen LogP contribution in [0.4, 0.5) is 8.78 Å². The topological polar surface area (TPSA) is 29.3 Å². The molecule has 0 saturated heterocycles. The average molecular weight is 256 g/mol. The quantitative estimate of drug-likeness (QED) is 0.812. The van der Waals surface area contributed by atoms with Crippen molar-refractivity contribution in [1.29, 1.82) is 0 Å². The van der Waals surface area contributed by atoms with Crippen LogP contribution in [0.3, 0.4) is 0 Å². The number of hydrogen-bond donors (Lipinski definition) is 1. The summed E-state index contributed by atoms with van der Waals surface area (Å²) in [6, 6.07) is 3.51. The highest BCUT2D eigenvalue weighted by Crippen LogP contribution is 2.10. The van der Waals surface area contributed by atoms with Crippen molar-refractivity contribution in [2.75, 3.05) is 19.6 Å². The lowest BCUT2D eigenvalue weighted by Crippen LogP contribution is -2.31. The van der Waals surface area contributed by atoms with E-state index in [9.17, 15) is 8.78 Å². The van der Waals surface area contributed by atoms with Gasteiger partial charge in [0.25, 0.3) is 0 Å². The molecule has 2 N–H and O–H groups in total. The molecule has 1 aromatic rings. The van der Waals surface area contributed by atoms with Crippen molar-refractivity contribution in [3.05, 3.63) is 35.4 Å². The Morgan fingerprint density at radius 3 is 2.17 bits per heavy atom. The fourth-order valence-corrected chi connectivity index (χ4v) is 2.02. The fourth-order valence-electron chi connectivity index (χ4n) is 2.02. The number of benzene rings is 1. The molecule has 2 nitrogen and oxygen atoms in total. The maximum absolute atomic E-state index is 13.0. The van der Waals surface area contributed by atoms with E-state index in [1.807, 2.05) is 0 Å². The zero-order valence-corrected chi connectivity index (χ0v) is 11.1. The molecule has 0 aliphatic heterocycles. The van der Waals surface area contributed by atoms with Gasteiger partial charge in [-0.15, -0.1) is 0 Å². The molecule has 1 unspecified atom stereocenters. The zero-order valence-electron chi connectivity index (χ0n) is 11.1. The first-order valence-corrected chi connectivity index (χ1v) is 6.48. The van der Waals surface area contributed by atoms with Crippen molar-refractivity contribution in [1.82, 2.24) is 4.90 Å². The molecular formula is C14H22F2N2. The molecule has 4 heteroatoms. The van der Waals surface area contributed by atoms with E-state index < -0.39 is 11.6 Å². The van der Waals surface area contributed by atoms with E-state index >= 15 is 0 Å². The van der Waals surface area contributed by atoms with Crippen molar-refractivity contribution in [3.63, 3.8) is 0 Å². The molecule has 18 heavy (non-hydrogen) atoms. The lowest BCUT2D eigenvalue weighted by Gasteiger charge is -2.20. The van der Waals surface area contributed by atoms with Gasteiger partial charge in [0.15, 0.2) is 0 Å². The molecule has 0 aliphatic carbocycles. The molecule has 0 radical (unpaired) electrons. The van der Waals surface area contributed by atoms with E-state index in [0.29, 0.717) is 12.0 Å². The summed E-state index contributed by atoms with van der Waals surface area (Å²) in [7, 11) is 0. The lowest BCUT2D eigenvalue weighted by atomic mass is 10.0. The van der Waals surface area contributed by atoms with Crippen molar-refractivity contribution in [3.8, 4) is 0 Å². The summed E-state index contributed by atoms with van der Waals surface area (Å²) in [6.07, 6.45) is 1.34. The minimum absolute atomic E-state index is 0.0631. The van der Waals surface area contributed by atoms with E-state index in [-0.39, 0.29) is 6.04 Å². The van der Waals surface area contributed by atoms with Crippen LogP contribution in [0, 0.1) is 11.6 Å². The Balaban J connectivity index is 2.46. The van der Waals surface area contributed by atoms with Gasteiger partial charge >= 0.3 is 0 Å². The van der Waals surface area contributed by atoms with E-state index in [1.165, 1.54) is 12.1 Å². The molecule has 0 fully saturated rings. The summed E-state index contributed by atoms with van der Waals surface area (Å²) in [5, 5.41) is 0. The molecule has 0 aromatic heterocycles. The van der Waals surface area contributed by atoms with Gasteiger partial charge in [0.1, 0.15) is 11.6 Å². The summed E-state index contributed by atoms with van der Waals surface area (Å²) >= 11 is 0. The number of nitrogens with two attached hydrogens (primary N) is 1. The third kappa shape index (κ3) is 5.10. The van der Waals surface area contributed by atoms with Crippen LogP contribution in [-0.4, -0.2) is 30.6 Å². The molecule has 0 amide bonds. The standard InChI is InChI=1S/C14H22F2N2/c1-3-18(4-2)6-5-14(17)9-11-7-12(15)10-13(16)8-11/h7-8,10,14H,3-6,9,17H2,1-2H3. The highest BCUT2D eigenvalue weighted by molar-refractivity contribution is 5.18. The minimum atomic E-state index is -0.541. The summed E-state index contributed by atoms with van der Waals surface area (Å²) in [6.45, 7) is 7.13. The van der Waals surface area contributed by atoms with E-state index in [1.54, 1.807) is 0 Å². The highest BCUT2D eigenvalue weighted by atomic mass is 19.1. The van der Waals surface area contributed by atoms with Crippen molar-refractivity contribution >= 4 is 0 Å². The largest absolute Gasteiger partial charge is 0.327 e. The zero-order chi connectivity index (χ0) is 13.5. The van der Waals surface area contributed by atoms with Crippen LogP contribution in [-0.2, 0) is 6.42 Å². The number of halogens is 2. The molecule has 102 valence electrons. The Morgan fingerprint density at radius 2 is 1.67 bits per heavy atom. The molecule has 0 saturated carbocycles. The Hall–Kier alpha value is -1.00. The molecule has 1 atom stereocenters. The summed E-state index contributed by atoms with van der Waals surface area (Å²) in [5.41, 5.74) is 6.62. The van der Waals surface area contributed by atoms with Crippen molar-refractivity contribution < 1.29 is 8.78 Å². The third-order valence-corrected chi connectivity index (χ3v) is 3.13. The Morgan fingerprint density at radius 1 is 1.11 bits per heavy atom. The minimum Gasteiger partial charge on any atom is -0.327 e. The second kappa shape index (κ2) is 7.44. The third-order valence-electron chi connectivity index (χ3n) is 3.13. The number of nitrogens with zero attached hydrogens (tertiary/aromatic N) is 1. The average Bonchev–Trinajstić information content (AvgIpc) is 2.28. The summed E-state index contributed by atoms with van der Waals surface area (Å²) < 4.78 is 26.0.